The fraction of sp³-hybridized carbons (Fsp3) is 0.559. The number of rotatable bonds is 27. The van der Waals surface area contributed by atoms with E-state index in [1.807, 2.05) is 19.1 Å². The van der Waals surface area contributed by atoms with Gasteiger partial charge < -0.3 is 21.1 Å². The molecule has 0 rings (SSSR count). The number of nitrogens with one attached hydrogen (secondary N) is 1. The van der Waals surface area contributed by atoms with E-state index in [0.717, 1.165) is 57.8 Å². The minimum atomic E-state index is -4.35. The number of aliphatic hydroxyl groups is 1. The molecule has 9 heteroatoms. The van der Waals surface area contributed by atoms with Crippen LogP contribution in [-0.4, -0.2) is 47.8 Å². The molecule has 0 fully saturated rings. The lowest BCUT2D eigenvalue weighted by Crippen LogP contribution is -2.45. The van der Waals surface area contributed by atoms with Crippen LogP contribution in [0.3, 0.4) is 0 Å². The van der Waals surface area contributed by atoms with E-state index in [4.69, 9.17) is 14.8 Å². The lowest BCUT2D eigenvalue weighted by molar-refractivity contribution is -0.123. The van der Waals surface area contributed by atoms with Crippen molar-refractivity contribution in [3.05, 3.63) is 85.1 Å². The Morgan fingerprint density at radius 2 is 1.37 bits per heavy atom. The molecule has 43 heavy (non-hydrogen) atoms. The van der Waals surface area contributed by atoms with Gasteiger partial charge in [-0.1, -0.05) is 92.0 Å². The Kier molecular flexibility index (Phi) is 28.1. The molecule has 0 aromatic rings. The number of hydrogen-bond donors (Lipinski definition) is 4. The van der Waals surface area contributed by atoms with Crippen molar-refractivity contribution >= 4 is 13.7 Å². The van der Waals surface area contributed by atoms with Crippen molar-refractivity contribution in [3.8, 4) is 0 Å². The second-order valence-corrected chi connectivity index (χ2v) is 11.4. The lowest BCUT2D eigenvalue weighted by atomic mass is 10.1. The van der Waals surface area contributed by atoms with Crippen LogP contribution in [0.2, 0.25) is 0 Å². The third-order valence-electron chi connectivity index (χ3n) is 6.03. The van der Waals surface area contributed by atoms with Crippen LogP contribution in [0.1, 0.15) is 90.9 Å². The molecular weight excluding hydrogens is 563 g/mol. The van der Waals surface area contributed by atoms with Gasteiger partial charge in [0, 0.05) is 13.0 Å². The Hall–Kier alpha value is -2.32. The molecule has 0 aromatic carbocycles. The highest BCUT2D eigenvalue weighted by molar-refractivity contribution is 7.47. The predicted octanol–water partition coefficient (Wildman–Crippen LogP) is 7.54. The number of carbonyl (C=O) groups excluding carboxylic acids is 1. The van der Waals surface area contributed by atoms with Crippen LogP contribution >= 0.6 is 7.82 Å². The van der Waals surface area contributed by atoms with E-state index in [2.05, 4.69) is 79.1 Å². The first-order chi connectivity index (χ1) is 20.9. The van der Waals surface area contributed by atoms with Crippen molar-refractivity contribution in [2.45, 2.75) is 103 Å². The summed E-state index contributed by atoms with van der Waals surface area (Å²) in [6.07, 6.45) is 38.0. The maximum Gasteiger partial charge on any atom is 0.472 e. The number of carbonyl (C=O) groups is 1. The van der Waals surface area contributed by atoms with Crippen molar-refractivity contribution < 1.29 is 28.4 Å². The molecule has 0 aliphatic carbocycles. The maximum atomic E-state index is 12.6. The molecule has 0 saturated carbocycles. The first-order valence-electron chi connectivity index (χ1n) is 15.7. The van der Waals surface area contributed by atoms with Crippen LogP contribution in [0.25, 0.3) is 0 Å². The number of amides is 1. The molecule has 0 spiro atoms. The molecule has 8 nitrogen and oxygen atoms in total. The van der Waals surface area contributed by atoms with Gasteiger partial charge in [-0.05, 0) is 77.6 Å². The largest absolute Gasteiger partial charge is 0.472 e. The van der Waals surface area contributed by atoms with Gasteiger partial charge in [-0.2, -0.15) is 0 Å². The van der Waals surface area contributed by atoms with Gasteiger partial charge in [0.1, 0.15) is 0 Å². The molecule has 0 saturated heterocycles. The fourth-order valence-electron chi connectivity index (χ4n) is 3.69. The summed E-state index contributed by atoms with van der Waals surface area (Å²) in [5, 5.41) is 13.4. The Labute approximate surface area is 260 Å². The van der Waals surface area contributed by atoms with Gasteiger partial charge >= 0.3 is 7.82 Å². The highest BCUT2D eigenvalue weighted by Gasteiger charge is 2.26. The SMILES string of the molecule is C/C=C/CC/C=C/CC/C=C/C(O)C(COP(=O)(O)OCCN)NC(=O)CCCC/C=C\C/C=C\C/C=C\C/C=C\CC. The summed E-state index contributed by atoms with van der Waals surface area (Å²) >= 11 is 0. The van der Waals surface area contributed by atoms with Crippen LogP contribution in [0.4, 0.5) is 0 Å². The van der Waals surface area contributed by atoms with Crippen LogP contribution in [0.5, 0.6) is 0 Å². The quantitative estimate of drug-likeness (QED) is 0.0424. The fourth-order valence-corrected chi connectivity index (χ4v) is 4.45. The summed E-state index contributed by atoms with van der Waals surface area (Å²) in [6.45, 7) is 3.66. The molecule has 5 N–H and O–H groups in total. The molecule has 0 aliphatic heterocycles. The normalized spacial score (nSPS) is 15.7. The third kappa shape index (κ3) is 28.2. The molecule has 3 unspecified atom stereocenters. The third-order valence-corrected chi connectivity index (χ3v) is 7.01. The molecule has 0 radical (unpaired) electrons. The summed E-state index contributed by atoms with van der Waals surface area (Å²) in [4.78, 5) is 22.4. The topological polar surface area (TPSA) is 131 Å². The second-order valence-electron chi connectivity index (χ2n) is 9.92. The number of allylic oxidation sites excluding steroid dienone is 13. The van der Waals surface area contributed by atoms with Crippen molar-refractivity contribution in [3.63, 3.8) is 0 Å². The van der Waals surface area contributed by atoms with Crippen molar-refractivity contribution in [1.29, 1.82) is 0 Å². The van der Waals surface area contributed by atoms with Gasteiger partial charge in [0.15, 0.2) is 0 Å². The Balaban J connectivity index is 4.55. The summed E-state index contributed by atoms with van der Waals surface area (Å²) < 4.78 is 21.8. The molecule has 244 valence electrons. The van der Waals surface area contributed by atoms with E-state index in [1.54, 1.807) is 6.08 Å². The van der Waals surface area contributed by atoms with Crippen LogP contribution in [0.15, 0.2) is 85.1 Å². The summed E-state index contributed by atoms with van der Waals surface area (Å²) in [5.41, 5.74) is 5.32. The maximum absolute atomic E-state index is 12.6. The first-order valence-corrected chi connectivity index (χ1v) is 17.2. The Morgan fingerprint density at radius 1 is 0.814 bits per heavy atom. The van der Waals surface area contributed by atoms with E-state index in [0.29, 0.717) is 12.8 Å². The summed E-state index contributed by atoms with van der Waals surface area (Å²) in [6, 6.07) is -0.906. The van der Waals surface area contributed by atoms with E-state index in [9.17, 15) is 19.4 Å². The monoisotopic (exact) mass is 620 g/mol. The van der Waals surface area contributed by atoms with Crippen LogP contribution in [-0.2, 0) is 18.4 Å². The molecule has 0 aromatic heterocycles. The number of hydrogen-bond acceptors (Lipinski definition) is 6. The molecule has 0 aliphatic rings. The van der Waals surface area contributed by atoms with E-state index in [-0.39, 0.29) is 32.1 Å². The first kappa shape index (κ1) is 40.7. The van der Waals surface area contributed by atoms with Gasteiger partial charge in [0.05, 0.1) is 25.4 Å². The highest BCUT2D eigenvalue weighted by atomic mass is 31.2. The average molecular weight is 621 g/mol. The average Bonchev–Trinajstić information content (AvgIpc) is 2.99. The molecule has 1 amide bonds. The number of phosphoric ester groups is 1. The van der Waals surface area contributed by atoms with Crippen molar-refractivity contribution in [1.82, 2.24) is 5.32 Å². The smallest absolute Gasteiger partial charge is 0.387 e. The Morgan fingerprint density at radius 3 is 1.98 bits per heavy atom. The van der Waals surface area contributed by atoms with Crippen molar-refractivity contribution in [2.24, 2.45) is 5.73 Å². The van der Waals surface area contributed by atoms with E-state index < -0.39 is 20.0 Å². The van der Waals surface area contributed by atoms with Crippen molar-refractivity contribution in [2.75, 3.05) is 19.8 Å². The van der Waals surface area contributed by atoms with Gasteiger partial charge in [-0.15, -0.1) is 0 Å². The van der Waals surface area contributed by atoms with Gasteiger partial charge in [-0.25, -0.2) is 4.57 Å². The molecule has 0 bridgehead atoms. The van der Waals surface area contributed by atoms with Gasteiger partial charge in [0.2, 0.25) is 5.91 Å². The number of phosphoric acid groups is 1. The molecule has 0 heterocycles. The minimum absolute atomic E-state index is 0.0596. The zero-order valence-corrected chi connectivity index (χ0v) is 27.3. The van der Waals surface area contributed by atoms with E-state index in [1.165, 1.54) is 0 Å². The molecule has 3 atom stereocenters. The standard InChI is InChI=1S/C34H57N2O6P/c1-3-5-7-9-11-13-14-15-16-17-18-20-22-24-26-28-34(38)36-32(31-42-43(39,40)41-30-29-35)33(37)27-25-23-21-19-12-10-8-6-4-2/h4-7,11-13,15-16,18-20,25,27,32-33,37H,3,8-10,14,17,21-24,26,28-31,35H2,1-2H3,(H,36,38)(H,39,40)/b6-4+,7-5-,13-11-,16-15-,19-12+,20-18-,27-25+. The Bertz CT molecular complexity index is 939. The number of aliphatic hydroxyl groups excluding tert-OH is 1. The molecular formula is C34H57N2O6P. The van der Waals surface area contributed by atoms with Gasteiger partial charge in [0.25, 0.3) is 0 Å². The number of nitrogens with two attached hydrogens (primary N) is 1. The van der Waals surface area contributed by atoms with E-state index >= 15 is 0 Å². The van der Waals surface area contributed by atoms with Crippen LogP contribution in [0, 0.1) is 0 Å². The van der Waals surface area contributed by atoms with Crippen LogP contribution < -0.4 is 11.1 Å². The van der Waals surface area contributed by atoms with Gasteiger partial charge in [-0.3, -0.25) is 13.8 Å². The zero-order valence-electron chi connectivity index (χ0n) is 26.4. The summed E-state index contributed by atoms with van der Waals surface area (Å²) in [5.74, 6) is -0.258. The number of unbranched alkanes of at least 4 members (excludes halogenated alkanes) is 4. The zero-order chi connectivity index (χ0) is 31.9. The lowest BCUT2D eigenvalue weighted by Gasteiger charge is -2.23. The predicted molar refractivity (Wildman–Crippen MR) is 179 cm³/mol. The highest BCUT2D eigenvalue weighted by Crippen LogP contribution is 2.43. The summed E-state index contributed by atoms with van der Waals surface area (Å²) in [7, 11) is -4.35. The minimum Gasteiger partial charge on any atom is -0.387 e. The second kappa shape index (κ2) is 29.7.